The summed E-state index contributed by atoms with van der Waals surface area (Å²) in [6.07, 6.45) is 7.85. The molecule has 1 rings (SSSR count). The van der Waals surface area contributed by atoms with Gasteiger partial charge in [0.1, 0.15) is 6.10 Å². The highest BCUT2D eigenvalue weighted by Gasteiger charge is 2.16. The number of carbonyl (C=O) groups excluding carboxylic acids is 1. The highest BCUT2D eigenvalue weighted by molar-refractivity contribution is 5.67. The zero-order valence-corrected chi connectivity index (χ0v) is 9.05. The van der Waals surface area contributed by atoms with Crippen molar-refractivity contribution in [1.29, 1.82) is 0 Å². The van der Waals surface area contributed by atoms with E-state index >= 15 is 0 Å². The summed E-state index contributed by atoms with van der Waals surface area (Å²) in [4.78, 5) is 11.3. The van der Waals surface area contributed by atoms with E-state index in [1.807, 2.05) is 0 Å². The average molecular weight is 199 g/mol. The van der Waals surface area contributed by atoms with Crippen LogP contribution in [0, 0.1) is 0 Å². The van der Waals surface area contributed by atoms with Gasteiger partial charge in [0.2, 0.25) is 0 Å². The van der Waals surface area contributed by atoms with Crippen LogP contribution in [0.4, 0.5) is 4.79 Å². The molecular formula is C11H21NO2. The molecular weight excluding hydrogens is 178 g/mol. The van der Waals surface area contributed by atoms with Crippen molar-refractivity contribution in [1.82, 2.24) is 5.32 Å². The van der Waals surface area contributed by atoms with Crippen molar-refractivity contribution in [2.45, 2.75) is 58.0 Å². The third-order valence-corrected chi connectivity index (χ3v) is 2.63. The molecule has 0 radical (unpaired) electrons. The highest BCUT2D eigenvalue weighted by atomic mass is 16.6. The van der Waals surface area contributed by atoms with Gasteiger partial charge in [-0.2, -0.15) is 0 Å². The second kappa shape index (κ2) is 6.68. The molecule has 1 saturated carbocycles. The lowest BCUT2D eigenvalue weighted by atomic mass is 9.98. The monoisotopic (exact) mass is 199 g/mol. The fraction of sp³-hybridized carbons (Fsp3) is 0.909. The molecule has 0 heterocycles. The number of rotatable bonds is 4. The Kier molecular flexibility index (Phi) is 5.42. The summed E-state index contributed by atoms with van der Waals surface area (Å²) < 4.78 is 5.29. The number of carbonyl (C=O) groups is 1. The summed E-state index contributed by atoms with van der Waals surface area (Å²) in [6, 6.07) is 0. The molecule has 1 N–H and O–H groups in total. The van der Waals surface area contributed by atoms with Gasteiger partial charge in [0.15, 0.2) is 0 Å². The smallest absolute Gasteiger partial charge is 0.407 e. The third-order valence-electron chi connectivity index (χ3n) is 2.63. The van der Waals surface area contributed by atoms with Crippen LogP contribution in [0.15, 0.2) is 0 Å². The van der Waals surface area contributed by atoms with Gasteiger partial charge in [0.05, 0.1) is 0 Å². The second-order valence-electron chi connectivity index (χ2n) is 3.95. The first-order valence-corrected chi connectivity index (χ1v) is 5.77. The third kappa shape index (κ3) is 4.49. The SMILES string of the molecule is CCCCNC(=O)OC1CCCCC1. The minimum atomic E-state index is -0.231. The van der Waals surface area contributed by atoms with E-state index in [2.05, 4.69) is 12.2 Å². The van der Waals surface area contributed by atoms with E-state index in [0.717, 1.165) is 32.2 Å². The first-order valence-electron chi connectivity index (χ1n) is 5.77. The Balaban J connectivity index is 2.06. The molecule has 0 unspecified atom stereocenters. The minimum absolute atomic E-state index is 0.172. The maximum Gasteiger partial charge on any atom is 0.407 e. The normalized spacial score (nSPS) is 17.8. The summed E-state index contributed by atoms with van der Waals surface area (Å²) in [6.45, 7) is 2.84. The number of hydrogen-bond acceptors (Lipinski definition) is 2. The molecule has 1 aliphatic carbocycles. The van der Waals surface area contributed by atoms with Gasteiger partial charge in [-0.15, -0.1) is 0 Å². The number of hydrogen-bond donors (Lipinski definition) is 1. The van der Waals surface area contributed by atoms with Gasteiger partial charge in [0, 0.05) is 6.54 Å². The van der Waals surface area contributed by atoms with Gasteiger partial charge in [-0.25, -0.2) is 4.79 Å². The van der Waals surface area contributed by atoms with Gasteiger partial charge >= 0.3 is 6.09 Å². The molecule has 0 aromatic carbocycles. The lowest BCUT2D eigenvalue weighted by Crippen LogP contribution is -2.30. The van der Waals surface area contributed by atoms with Crippen molar-refractivity contribution in [3.05, 3.63) is 0 Å². The Bertz CT molecular complexity index is 165. The molecule has 1 aliphatic rings. The van der Waals surface area contributed by atoms with Crippen LogP contribution in [0.5, 0.6) is 0 Å². The van der Waals surface area contributed by atoms with Gasteiger partial charge in [0.25, 0.3) is 0 Å². The van der Waals surface area contributed by atoms with Crippen molar-refractivity contribution in [2.24, 2.45) is 0 Å². The molecule has 3 heteroatoms. The van der Waals surface area contributed by atoms with E-state index in [1.165, 1.54) is 19.3 Å². The molecule has 0 aromatic heterocycles. The molecule has 14 heavy (non-hydrogen) atoms. The van der Waals surface area contributed by atoms with E-state index in [-0.39, 0.29) is 12.2 Å². The Labute approximate surface area is 86.2 Å². The molecule has 1 amide bonds. The molecule has 0 atom stereocenters. The van der Waals surface area contributed by atoms with Crippen LogP contribution in [-0.2, 0) is 4.74 Å². The van der Waals surface area contributed by atoms with Crippen LogP contribution in [0.1, 0.15) is 51.9 Å². The van der Waals surface area contributed by atoms with E-state index < -0.39 is 0 Å². The van der Waals surface area contributed by atoms with E-state index in [0.29, 0.717) is 0 Å². The van der Waals surface area contributed by atoms with Crippen LogP contribution in [0.3, 0.4) is 0 Å². The summed E-state index contributed by atoms with van der Waals surface area (Å²) in [5.41, 5.74) is 0. The summed E-state index contributed by atoms with van der Waals surface area (Å²) in [5.74, 6) is 0. The lowest BCUT2D eigenvalue weighted by molar-refractivity contribution is 0.0754. The van der Waals surface area contributed by atoms with Crippen LogP contribution in [0.2, 0.25) is 0 Å². The molecule has 0 aliphatic heterocycles. The first-order chi connectivity index (χ1) is 6.83. The topological polar surface area (TPSA) is 38.3 Å². The number of unbranched alkanes of at least 4 members (excludes halogenated alkanes) is 1. The van der Waals surface area contributed by atoms with Crippen molar-refractivity contribution < 1.29 is 9.53 Å². The molecule has 0 spiro atoms. The van der Waals surface area contributed by atoms with Crippen molar-refractivity contribution in [3.63, 3.8) is 0 Å². The molecule has 0 bridgehead atoms. The molecule has 1 fully saturated rings. The largest absolute Gasteiger partial charge is 0.446 e. The Morgan fingerprint density at radius 2 is 2.07 bits per heavy atom. The first kappa shape index (κ1) is 11.3. The fourth-order valence-corrected chi connectivity index (χ4v) is 1.74. The maximum atomic E-state index is 11.3. The summed E-state index contributed by atoms with van der Waals surface area (Å²) in [7, 11) is 0. The maximum absolute atomic E-state index is 11.3. The number of ether oxygens (including phenoxy) is 1. The number of amides is 1. The standard InChI is InChI=1S/C11H21NO2/c1-2-3-9-12-11(13)14-10-7-5-4-6-8-10/h10H,2-9H2,1H3,(H,12,13). The summed E-state index contributed by atoms with van der Waals surface area (Å²) in [5, 5.41) is 2.77. The molecule has 82 valence electrons. The predicted molar refractivity (Wildman–Crippen MR) is 56.3 cm³/mol. The van der Waals surface area contributed by atoms with Gasteiger partial charge in [-0.05, 0) is 32.1 Å². The van der Waals surface area contributed by atoms with Crippen molar-refractivity contribution >= 4 is 6.09 Å². The van der Waals surface area contributed by atoms with Gasteiger partial charge in [-0.1, -0.05) is 19.8 Å². The van der Waals surface area contributed by atoms with E-state index in [4.69, 9.17) is 4.74 Å². The van der Waals surface area contributed by atoms with Crippen LogP contribution in [0.25, 0.3) is 0 Å². The average Bonchev–Trinajstić information content (AvgIpc) is 2.20. The van der Waals surface area contributed by atoms with Crippen LogP contribution >= 0.6 is 0 Å². The van der Waals surface area contributed by atoms with Gasteiger partial charge in [-0.3, -0.25) is 0 Å². The minimum Gasteiger partial charge on any atom is -0.446 e. The molecule has 0 saturated heterocycles. The van der Waals surface area contributed by atoms with E-state index in [9.17, 15) is 4.79 Å². The van der Waals surface area contributed by atoms with Crippen LogP contribution < -0.4 is 5.32 Å². The van der Waals surface area contributed by atoms with Crippen LogP contribution in [-0.4, -0.2) is 18.7 Å². The Morgan fingerprint density at radius 1 is 1.36 bits per heavy atom. The van der Waals surface area contributed by atoms with E-state index in [1.54, 1.807) is 0 Å². The Hall–Kier alpha value is -0.730. The highest BCUT2D eigenvalue weighted by Crippen LogP contribution is 2.20. The number of alkyl carbamates (subject to hydrolysis) is 1. The predicted octanol–water partition coefficient (Wildman–Crippen LogP) is 2.85. The summed E-state index contributed by atoms with van der Waals surface area (Å²) >= 11 is 0. The fourth-order valence-electron chi connectivity index (χ4n) is 1.74. The zero-order chi connectivity index (χ0) is 10.2. The molecule has 0 aromatic rings. The van der Waals surface area contributed by atoms with Crippen molar-refractivity contribution in [2.75, 3.05) is 6.54 Å². The second-order valence-corrected chi connectivity index (χ2v) is 3.95. The molecule has 3 nitrogen and oxygen atoms in total. The Morgan fingerprint density at radius 3 is 2.71 bits per heavy atom. The number of nitrogens with one attached hydrogen (secondary N) is 1. The lowest BCUT2D eigenvalue weighted by Gasteiger charge is -2.21. The van der Waals surface area contributed by atoms with Crippen molar-refractivity contribution in [3.8, 4) is 0 Å². The quantitative estimate of drug-likeness (QED) is 0.707. The van der Waals surface area contributed by atoms with Gasteiger partial charge < -0.3 is 10.1 Å². The zero-order valence-electron chi connectivity index (χ0n) is 9.05.